The maximum absolute atomic E-state index is 10.0. The van der Waals surface area contributed by atoms with Crippen LogP contribution >= 0.6 is 11.6 Å². The van der Waals surface area contributed by atoms with Gasteiger partial charge in [0.2, 0.25) is 0 Å². The van der Waals surface area contributed by atoms with Crippen molar-refractivity contribution in [3.05, 3.63) is 22.8 Å². The predicted octanol–water partition coefficient (Wildman–Crippen LogP) is 1.97. The number of aliphatic hydroxyl groups excluding tert-OH is 2. The van der Waals surface area contributed by atoms with Crippen LogP contribution < -0.4 is 4.90 Å². The first kappa shape index (κ1) is 13.6. The minimum Gasteiger partial charge on any atom is -0.391 e. The average molecular weight is 271 g/mol. The third-order valence-electron chi connectivity index (χ3n) is 3.61. The van der Waals surface area contributed by atoms with Gasteiger partial charge in [-0.2, -0.15) is 0 Å². The van der Waals surface area contributed by atoms with Crippen LogP contribution in [0.15, 0.2) is 12.1 Å². The SMILES string of the molecule is CN(c1ccc(Cl)c(CO)n1)C1CCCCC1O. The molecule has 18 heavy (non-hydrogen) atoms. The predicted molar refractivity (Wildman–Crippen MR) is 71.8 cm³/mol. The Morgan fingerprint density at radius 3 is 2.78 bits per heavy atom. The third-order valence-corrected chi connectivity index (χ3v) is 3.95. The van der Waals surface area contributed by atoms with Crippen LogP contribution in [0.1, 0.15) is 31.4 Å². The largest absolute Gasteiger partial charge is 0.391 e. The van der Waals surface area contributed by atoms with Gasteiger partial charge in [-0.3, -0.25) is 0 Å². The minimum atomic E-state index is -0.307. The van der Waals surface area contributed by atoms with E-state index in [0.717, 1.165) is 31.5 Å². The Labute approximate surface area is 112 Å². The van der Waals surface area contributed by atoms with Crippen LogP contribution in [-0.2, 0) is 6.61 Å². The van der Waals surface area contributed by atoms with Crippen LogP contribution in [0.3, 0.4) is 0 Å². The Hall–Kier alpha value is -0.840. The molecule has 0 aliphatic heterocycles. The van der Waals surface area contributed by atoms with E-state index in [1.807, 2.05) is 18.0 Å². The van der Waals surface area contributed by atoms with Crippen LogP contribution in [0.2, 0.25) is 5.02 Å². The van der Waals surface area contributed by atoms with Gasteiger partial charge in [-0.15, -0.1) is 0 Å². The zero-order chi connectivity index (χ0) is 13.1. The van der Waals surface area contributed by atoms with Crippen molar-refractivity contribution in [2.75, 3.05) is 11.9 Å². The van der Waals surface area contributed by atoms with Crippen molar-refractivity contribution in [1.82, 2.24) is 4.98 Å². The van der Waals surface area contributed by atoms with Gasteiger partial charge >= 0.3 is 0 Å². The molecule has 0 radical (unpaired) electrons. The van der Waals surface area contributed by atoms with Gasteiger partial charge < -0.3 is 15.1 Å². The van der Waals surface area contributed by atoms with Crippen molar-refractivity contribution >= 4 is 17.4 Å². The highest BCUT2D eigenvalue weighted by molar-refractivity contribution is 6.31. The molecule has 0 bridgehead atoms. The van der Waals surface area contributed by atoms with Crippen molar-refractivity contribution in [2.24, 2.45) is 0 Å². The molecule has 1 saturated carbocycles. The third kappa shape index (κ3) is 2.76. The summed E-state index contributed by atoms with van der Waals surface area (Å²) in [6.07, 6.45) is 3.72. The van der Waals surface area contributed by atoms with E-state index >= 15 is 0 Å². The van der Waals surface area contributed by atoms with Gasteiger partial charge in [0.15, 0.2) is 0 Å². The summed E-state index contributed by atoms with van der Waals surface area (Å²) in [4.78, 5) is 6.32. The first-order valence-electron chi connectivity index (χ1n) is 6.30. The Morgan fingerprint density at radius 1 is 1.39 bits per heavy atom. The van der Waals surface area contributed by atoms with E-state index in [1.54, 1.807) is 6.07 Å². The molecule has 0 aromatic carbocycles. The topological polar surface area (TPSA) is 56.6 Å². The normalized spacial score (nSPS) is 24.0. The highest BCUT2D eigenvalue weighted by Crippen LogP contribution is 2.27. The lowest BCUT2D eigenvalue weighted by Crippen LogP contribution is -2.43. The van der Waals surface area contributed by atoms with Gasteiger partial charge in [-0.25, -0.2) is 4.98 Å². The van der Waals surface area contributed by atoms with Crippen molar-refractivity contribution < 1.29 is 10.2 Å². The lowest BCUT2D eigenvalue weighted by atomic mass is 9.91. The van der Waals surface area contributed by atoms with Gasteiger partial charge in [0.05, 0.1) is 29.5 Å². The van der Waals surface area contributed by atoms with Crippen molar-refractivity contribution in [3.8, 4) is 0 Å². The van der Waals surface area contributed by atoms with E-state index in [0.29, 0.717) is 10.7 Å². The first-order chi connectivity index (χ1) is 8.63. The molecule has 2 rings (SSSR count). The summed E-state index contributed by atoms with van der Waals surface area (Å²) in [5, 5.41) is 19.7. The molecule has 2 N–H and O–H groups in total. The first-order valence-corrected chi connectivity index (χ1v) is 6.68. The van der Waals surface area contributed by atoms with E-state index in [-0.39, 0.29) is 18.8 Å². The fraction of sp³-hybridized carbons (Fsp3) is 0.615. The molecule has 1 aliphatic carbocycles. The quantitative estimate of drug-likeness (QED) is 0.882. The summed E-state index contributed by atoms with van der Waals surface area (Å²) in [7, 11) is 1.93. The highest BCUT2D eigenvalue weighted by Gasteiger charge is 2.27. The average Bonchev–Trinajstić information content (AvgIpc) is 2.39. The molecular formula is C13H19ClN2O2. The molecule has 5 heteroatoms. The molecule has 100 valence electrons. The number of aliphatic hydroxyl groups is 2. The number of anilines is 1. The Morgan fingerprint density at radius 2 is 2.11 bits per heavy atom. The van der Waals surface area contributed by atoms with Crippen LogP contribution in [0.25, 0.3) is 0 Å². The fourth-order valence-electron chi connectivity index (χ4n) is 2.49. The van der Waals surface area contributed by atoms with Crippen molar-refractivity contribution in [2.45, 2.75) is 44.4 Å². The van der Waals surface area contributed by atoms with Gasteiger partial charge in [0.1, 0.15) is 5.82 Å². The van der Waals surface area contributed by atoms with E-state index < -0.39 is 0 Å². The molecule has 0 spiro atoms. The highest BCUT2D eigenvalue weighted by atomic mass is 35.5. The Bertz CT molecular complexity index is 414. The number of hydrogen-bond donors (Lipinski definition) is 2. The van der Waals surface area contributed by atoms with Gasteiger partial charge in [-0.05, 0) is 25.0 Å². The number of aromatic nitrogens is 1. The molecule has 0 saturated heterocycles. The molecule has 4 nitrogen and oxygen atoms in total. The number of likely N-dealkylation sites (N-methyl/N-ethyl adjacent to an activating group) is 1. The molecule has 1 aromatic rings. The fourth-order valence-corrected chi connectivity index (χ4v) is 2.66. The molecule has 1 heterocycles. The molecule has 1 aliphatic rings. The van der Waals surface area contributed by atoms with Crippen LogP contribution in [0, 0.1) is 0 Å². The monoisotopic (exact) mass is 270 g/mol. The summed E-state index contributed by atoms with van der Waals surface area (Å²) in [5.74, 6) is 0.745. The molecule has 0 amide bonds. The zero-order valence-corrected chi connectivity index (χ0v) is 11.3. The lowest BCUT2D eigenvalue weighted by molar-refractivity contribution is 0.106. The Kier molecular flexibility index (Phi) is 4.43. The van der Waals surface area contributed by atoms with Crippen LogP contribution in [0.4, 0.5) is 5.82 Å². The summed E-state index contributed by atoms with van der Waals surface area (Å²) >= 11 is 5.93. The van der Waals surface area contributed by atoms with E-state index in [1.165, 1.54) is 0 Å². The maximum atomic E-state index is 10.0. The Balaban J connectivity index is 2.19. The van der Waals surface area contributed by atoms with Crippen LogP contribution in [-0.4, -0.2) is 34.4 Å². The second-order valence-corrected chi connectivity index (χ2v) is 5.19. The van der Waals surface area contributed by atoms with E-state index in [4.69, 9.17) is 11.6 Å². The summed E-state index contributed by atoms with van der Waals surface area (Å²) in [5.41, 5.74) is 0.478. The number of nitrogens with zero attached hydrogens (tertiary/aromatic N) is 2. The maximum Gasteiger partial charge on any atom is 0.129 e. The molecule has 2 unspecified atom stereocenters. The summed E-state index contributed by atoms with van der Waals surface area (Å²) in [6, 6.07) is 3.66. The second-order valence-electron chi connectivity index (χ2n) is 4.79. The number of rotatable bonds is 3. The van der Waals surface area contributed by atoms with E-state index in [9.17, 15) is 10.2 Å². The molecule has 2 atom stereocenters. The van der Waals surface area contributed by atoms with Gasteiger partial charge in [-0.1, -0.05) is 24.4 Å². The van der Waals surface area contributed by atoms with Crippen molar-refractivity contribution in [3.63, 3.8) is 0 Å². The van der Waals surface area contributed by atoms with Gasteiger partial charge in [0, 0.05) is 7.05 Å². The van der Waals surface area contributed by atoms with Gasteiger partial charge in [0.25, 0.3) is 0 Å². The second kappa shape index (κ2) is 5.87. The number of hydrogen-bond acceptors (Lipinski definition) is 4. The molecule has 1 fully saturated rings. The smallest absolute Gasteiger partial charge is 0.129 e. The molecular weight excluding hydrogens is 252 g/mol. The zero-order valence-electron chi connectivity index (χ0n) is 10.5. The standard InChI is InChI=1S/C13H19ClN2O2/c1-16(11-4-2-3-5-12(11)18)13-7-6-9(14)10(8-17)15-13/h6-7,11-12,17-18H,2-5,8H2,1H3. The van der Waals surface area contributed by atoms with Crippen molar-refractivity contribution in [1.29, 1.82) is 0 Å². The number of pyridine rings is 1. The minimum absolute atomic E-state index is 0.0963. The number of halogens is 1. The summed E-state index contributed by atoms with van der Waals surface area (Å²) < 4.78 is 0. The summed E-state index contributed by atoms with van der Waals surface area (Å²) in [6.45, 7) is -0.173. The molecule has 1 aromatic heterocycles. The van der Waals surface area contributed by atoms with E-state index in [2.05, 4.69) is 4.98 Å². The van der Waals surface area contributed by atoms with Crippen LogP contribution in [0.5, 0.6) is 0 Å². The lowest BCUT2D eigenvalue weighted by Gasteiger charge is -2.36.